The van der Waals surface area contributed by atoms with Gasteiger partial charge in [-0.05, 0) is 0 Å². The molecule has 0 saturated heterocycles. The molecule has 0 aliphatic heterocycles. The number of Topliss-reactive ketones (excluding diaryl/α,β-unsaturated/α-hetero) is 1. The highest BCUT2D eigenvalue weighted by Crippen LogP contribution is 1.96. The van der Waals surface area contributed by atoms with Gasteiger partial charge in [0.05, 0.1) is 5.75 Å². The molecule has 0 bridgehead atoms. The van der Waals surface area contributed by atoms with Crippen molar-refractivity contribution in [1.82, 2.24) is 5.16 Å². The second-order valence-electron chi connectivity index (χ2n) is 1.47. The van der Waals surface area contributed by atoms with Gasteiger partial charge in [-0.25, -0.2) is 0 Å². The number of carbonyl (C=O) groups is 1. The van der Waals surface area contributed by atoms with E-state index >= 15 is 0 Å². The van der Waals surface area contributed by atoms with Crippen LogP contribution in [0.1, 0.15) is 10.5 Å². The van der Waals surface area contributed by atoms with Crippen LogP contribution in [0.25, 0.3) is 0 Å². The number of aromatic nitrogens is 1. The first-order valence-corrected chi connectivity index (χ1v) is 3.02. The molecule has 0 radical (unpaired) electrons. The van der Waals surface area contributed by atoms with Gasteiger partial charge >= 0.3 is 0 Å². The molecule has 0 aromatic carbocycles. The van der Waals surface area contributed by atoms with Gasteiger partial charge in [0.25, 0.3) is 0 Å². The van der Waals surface area contributed by atoms with Crippen LogP contribution < -0.4 is 0 Å². The molecule has 0 N–H and O–H groups in total. The predicted octanol–water partition coefficient (Wildman–Crippen LogP) is 0.787. The summed E-state index contributed by atoms with van der Waals surface area (Å²) >= 11 is 3.77. The first-order chi connectivity index (χ1) is 4.34. The van der Waals surface area contributed by atoms with Crippen molar-refractivity contribution in [3.63, 3.8) is 0 Å². The number of nitrogens with zero attached hydrogens (tertiary/aromatic N) is 1. The second kappa shape index (κ2) is 2.68. The van der Waals surface area contributed by atoms with Crippen LogP contribution >= 0.6 is 12.6 Å². The van der Waals surface area contributed by atoms with E-state index in [1.54, 1.807) is 0 Å². The molecule has 1 aromatic heterocycles. The summed E-state index contributed by atoms with van der Waals surface area (Å²) in [6.45, 7) is 0. The smallest absolute Gasteiger partial charge is 0.194 e. The van der Waals surface area contributed by atoms with Crippen LogP contribution in [0.3, 0.4) is 0 Å². The molecule has 4 heteroatoms. The van der Waals surface area contributed by atoms with E-state index < -0.39 is 0 Å². The van der Waals surface area contributed by atoms with Crippen LogP contribution in [0.2, 0.25) is 0 Å². The minimum absolute atomic E-state index is 0.118. The number of hydrogen-bond acceptors (Lipinski definition) is 4. The van der Waals surface area contributed by atoms with Crippen LogP contribution in [0.4, 0.5) is 0 Å². The number of ketones is 1. The Bertz CT molecular complexity index is 195. The molecule has 1 aromatic rings. The maximum atomic E-state index is 10.7. The molecule has 0 aliphatic rings. The quantitative estimate of drug-likeness (QED) is 0.491. The lowest BCUT2D eigenvalue weighted by Gasteiger charge is -1.83. The van der Waals surface area contributed by atoms with Gasteiger partial charge in [0.1, 0.15) is 12.0 Å². The fourth-order valence-corrected chi connectivity index (χ4v) is 0.599. The molecule has 9 heavy (non-hydrogen) atoms. The third-order valence-corrected chi connectivity index (χ3v) is 1.15. The average molecular weight is 143 g/mol. The number of thiol groups is 1. The van der Waals surface area contributed by atoms with E-state index in [0.29, 0.717) is 5.69 Å². The van der Waals surface area contributed by atoms with Gasteiger partial charge in [-0.1, -0.05) is 5.16 Å². The molecule has 0 amide bonds. The summed E-state index contributed by atoms with van der Waals surface area (Å²) in [5.74, 6) is 0.0547. The maximum absolute atomic E-state index is 10.7. The Hall–Kier alpha value is -0.770. The van der Waals surface area contributed by atoms with Crippen molar-refractivity contribution in [3.8, 4) is 0 Å². The van der Waals surface area contributed by atoms with Crippen LogP contribution in [0.5, 0.6) is 0 Å². The molecule has 0 atom stereocenters. The van der Waals surface area contributed by atoms with E-state index in [4.69, 9.17) is 0 Å². The highest BCUT2D eigenvalue weighted by atomic mass is 32.1. The summed E-state index contributed by atoms with van der Waals surface area (Å²) in [6.07, 6.45) is 1.36. The number of carbonyl (C=O) groups excluding carboxylic acids is 1. The zero-order valence-corrected chi connectivity index (χ0v) is 5.47. The molecule has 0 fully saturated rings. The van der Waals surface area contributed by atoms with Crippen molar-refractivity contribution >= 4 is 18.4 Å². The summed E-state index contributed by atoms with van der Waals surface area (Å²) in [6, 6.07) is 1.51. The van der Waals surface area contributed by atoms with Gasteiger partial charge in [0.2, 0.25) is 0 Å². The average Bonchev–Trinajstić information content (AvgIpc) is 2.37. The van der Waals surface area contributed by atoms with E-state index in [0.717, 1.165) is 0 Å². The normalized spacial score (nSPS) is 9.44. The number of rotatable bonds is 2. The zero-order valence-electron chi connectivity index (χ0n) is 4.57. The Morgan fingerprint density at radius 3 is 3.11 bits per heavy atom. The van der Waals surface area contributed by atoms with E-state index in [1.165, 1.54) is 12.3 Å². The Balaban J connectivity index is 2.77. The number of hydrogen-bond donors (Lipinski definition) is 1. The molecular weight excluding hydrogens is 138 g/mol. The van der Waals surface area contributed by atoms with Crippen LogP contribution in [-0.2, 0) is 0 Å². The molecule has 1 rings (SSSR count). The van der Waals surface area contributed by atoms with Crippen LogP contribution in [0.15, 0.2) is 16.9 Å². The van der Waals surface area contributed by atoms with Gasteiger partial charge in [0, 0.05) is 6.07 Å². The highest BCUT2D eigenvalue weighted by Gasteiger charge is 2.04. The SMILES string of the molecule is O=C(CS)c1ccon1. The third kappa shape index (κ3) is 1.32. The maximum Gasteiger partial charge on any atom is 0.194 e. The molecule has 48 valence electrons. The Kier molecular flexibility index (Phi) is 1.89. The van der Waals surface area contributed by atoms with Crippen molar-refractivity contribution in [2.24, 2.45) is 0 Å². The van der Waals surface area contributed by atoms with Gasteiger partial charge < -0.3 is 4.52 Å². The minimum atomic E-state index is -0.118. The van der Waals surface area contributed by atoms with Gasteiger partial charge in [-0.15, -0.1) is 0 Å². The molecular formula is C5H5NO2S. The third-order valence-electron chi connectivity index (χ3n) is 0.867. The first kappa shape index (κ1) is 6.35. The highest BCUT2D eigenvalue weighted by molar-refractivity contribution is 7.81. The zero-order chi connectivity index (χ0) is 6.69. The molecule has 0 spiro atoms. The van der Waals surface area contributed by atoms with Crippen LogP contribution in [-0.4, -0.2) is 16.7 Å². The summed E-state index contributed by atoms with van der Waals surface area (Å²) in [4.78, 5) is 10.7. The monoisotopic (exact) mass is 143 g/mol. The largest absolute Gasteiger partial charge is 0.364 e. The molecule has 0 aliphatic carbocycles. The Morgan fingerprint density at radius 1 is 1.89 bits per heavy atom. The summed E-state index contributed by atoms with van der Waals surface area (Å²) in [7, 11) is 0. The van der Waals surface area contributed by atoms with Crippen molar-refractivity contribution < 1.29 is 9.32 Å². The lowest BCUT2D eigenvalue weighted by Crippen LogP contribution is -1.99. The lowest BCUT2D eigenvalue weighted by molar-refractivity contribution is 0.101. The van der Waals surface area contributed by atoms with Crippen molar-refractivity contribution in [3.05, 3.63) is 18.0 Å². The van der Waals surface area contributed by atoms with Crippen LogP contribution in [0, 0.1) is 0 Å². The van der Waals surface area contributed by atoms with E-state index in [2.05, 4.69) is 22.3 Å². The second-order valence-corrected chi connectivity index (χ2v) is 1.78. The van der Waals surface area contributed by atoms with Crippen molar-refractivity contribution in [1.29, 1.82) is 0 Å². The molecule has 1 heterocycles. The first-order valence-electron chi connectivity index (χ1n) is 2.39. The predicted molar refractivity (Wildman–Crippen MR) is 34.7 cm³/mol. The van der Waals surface area contributed by atoms with Gasteiger partial charge in [-0.3, -0.25) is 4.79 Å². The standard InChI is InChI=1S/C5H5NO2S/c7-5(3-9)4-1-2-8-6-4/h1-2,9H,3H2. The Labute approximate surface area is 57.4 Å². The fraction of sp³-hybridized carbons (Fsp3) is 0.200. The van der Waals surface area contributed by atoms with E-state index in [-0.39, 0.29) is 11.5 Å². The van der Waals surface area contributed by atoms with Crippen molar-refractivity contribution in [2.45, 2.75) is 0 Å². The summed E-state index contributed by atoms with van der Waals surface area (Å²) in [5.41, 5.74) is 0.338. The summed E-state index contributed by atoms with van der Waals surface area (Å²) in [5, 5.41) is 3.41. The van der Waals surface area contributed by atoms with Gasteiger partial charge in [0.15, 0.2) is 5.78 Å². The summed E-state index contributed by atoms with van der Waals surface area (Å²) < 4.78 is 4.43. The Morgan fingerprint density at radius 2 is 2.67 bits per heavy atom. The lowest BCUT2D eigenvalue weighted by atomic mass is 10.3. The fourth-order valence-electron chi connectivity index (χ4n) is 0.437. The topological polar surface area (TPSA) is 43.1 Å². The van der Waals surface area contributed by atoms with Crippen molar-refractivity contribution in [2.75, 3.05) is 5.75 Å². The van der Waals surface area contributed by atoms with E-state index in [1.807, 2.05) is 0 Å². The molecule has 0 unspecified atom stereocenters. The molecule has 0 saturated carbocycles. The van der Waals surface area contributed by atoms with E-state index in [9.17, 15) is 4.79 Å². The van der Waals surface area contributed by atoms with Gasteiger partial charge in [-0.2, -0.15) is 12.6 Å². The minimum Gasteiger partial charge on any atom is -0.364 e. The molecule has 3 nitrogen and oxygen atoms in total.